The standard InChI is InChI=1S/C12H23O2PS2.Mo/c13-15(16,14-11-7-3-1-4-8-11)17-12-9-5-2-6-10-12;/h11-12H,1-10H2,(H,13,16);/q;+1/p-1. The Kier molecular flexibility index (Phi) is 7.24. The maximum absolute atomic E-state index is 6.20. The molecule has 2 aliphatic rings. The number of rotatable bonds is 5. The van der Waals surface area contributed by atoms with Crippen LogP contribution in [0.2, 0.25) is 0 Å². The summed E-state index contributed by atoms with van der Waals surface area (Å²) in [6, 6.07) is 0. The van der Waals surface area contributed by atoms with Crippen LogP contribution in [-0.2, 0) is 39.7 Å². The van der Waals surface area contributed by atoms with Gasteiger partial charge in [0.25, 0.3) is 0 Å². The summed E-state index contributed by atoms with van der Waals surface area (Å²) in [6.45, 7) is 0. The van der Waals surface area contributed by atoms with Gasteiger partial charge < -0.3 is 0 Å². The summed E-state index contributed by atoms with van der Waals surface area (Å²) in [4.78, 5) is 0. The summed E-state index contributed by atoms with van der Waals surface area (Å²) in [7, 11) is 0. The average molecular weight is 389 g/mol. The molecule has 2 rings (SSSR count). The van der Waals surface area contributed by atoms with Gasteiger partial charge in [0.2, 0.25) is 0 Å². The molecule has 18 heavy (non-hydrogen) atoms. The van der Waals surface area contributed by atoms with E-state index in [4.69, 9.17) is 19.5 Å². The first-order valence-electron chi connectivity index (χ1n) is 7.00. The third-order valence-corrected chi connectivity index (χ3v) is 12.0. The van der Waals surface area contributed by atoms with Crippen molar-refractivity contribution in [2.45, 2.75) is 75.6 Å². The Balaban J connectivity index is 1.85. The molecule has 105 valence electrons. The molecular weight excluding hydrogens is 367 g/mol. The van der Waals surface area contributed by atoms with Crippen LogP contribution < -0.4 is 0 Å². The van der Waals surface area contributed by atoms with Gasteiger partial charge in [0.05, 0.1) is 0 Å². The van der Waals surface area contributed by atoms with Gasteiger partial charge in [-0.25, -0.2) is 0 Å². The van der Waals surface area contributed by atoms with Crippen LogP contribution in [0.15, 0.2) is 0 Å². The molecule has 1 atom stereocenters. The molecule has 0 N–H and O–H groups in total. The van der Waals surface area contributed by atoms with Crippen LogP contribution in [0.5, 0.6) is 0 Å². The van der Waals surface area contributed by atoms with Gasteiger partial charge in [0.1, 0.15) is 0 Å². The van der Waals surface area contributed by atoms with Crippen molar-refractivity contribution in [2.24, 2.45) is 0 Å². The molecule has 2 nitrogen and oxygen atoms in total. The second kappa shape index (κ2) is 8.15. The Labute approximate surface area is 132 Å². The third kappa shape index (κ3) is 5.18. The van der Waals surface area contributed by atoms with Crippen molar-refractivity contribution >= 4 is 28.9 Å². The molecule has 0 spiro atoms. The van der Waals surface area contributed by atoms with Gasteiger partial charge in [-0.3, -0.25) is 0 Å². The van der Waals surface area contributed by atoms with Gasteiger partial charge in [-0.15, -0.1) is 0 Å². The predicted octanol–water partition coefficient (Wildman–Crippen LogP) is 5.10. The van der Waals surface area contributed by atoms with E-state index in [2.05, 4.69) is 0 Å². The molecule has 2 fully saturated rings. The quantitative estimate of drug-likeness (QED) is 0.481. The van der Waals surface area contributed by atoms with E-state index in [-0.39, 0.29) is 0 Å². The third-order valence-electron chi connectivity index (χ3n) is 3.75. The van der Waals surface area contributed by atoms with E-state index < -0.39 is 5.69 Å². The first kappa shape index (κ1) is 16.0. The summed E-state index contributed by atoms with van der Waals surface area (Å²) in [6.07, 6.45) is 13.3. The van der Waals surface area contributed by atoms with E-state index in [0.29, 0.717) is 11.4 Å². The van der Waals surface area contributed by atoms with Crippen molar-refractivity contribution in [3.8, 4) is 0 Å². The van der Waals surface area contributed by atoms with Crippen LogP contribution in [0.1, 0.15) is 64.2 Å². The van der Waals surface area contributed by atoms with Crippen molar-refractivity contribution in [3.63, 3.8) is 0 Å². The van der Waals surface area contributed by atoms with Crippen LogP contribution in [0.3, 0.4) is 0 Å². The molecule has 0 aromatic carbocycles. The van der Waals surface area contributed by atoms with E-state index in [9.17, 15) is 0 Å². The zero-order valence-corrected chi connectivity index (χ0v) is 15.2. The van der Waals surface area contributed by atoms with Crippen molar-refractivity contribution in [1.29, 1.82) is 0 Å². The molecule has 0 aromatic heterocycles. The zero-order valence-electron chi connectivity index (χ0n) is 10.7. The van der Waals surface area contributed by atoms with E-state index in [1.165, 1.54) is 64.2 Å². The molecule has 0 radical (unpaired) electrons. The molecule has 0 heterocycles. The molecule has 0 saturated heterocycles. The Morgan fingerprint density at radius 3 is 2.06 bits per heavy atom. The Morgan fingerprint density at radius 2 is 1.50 bits per heavy atom. The Hall–Kier alpha value is 1.61. The Bertz CT molecular complexity index is 268. The van der Waals surface area contributed by atoms with Crippen LogP contribution in [-0.4, -0.2) is 11.4 Å². The summed E-state index contributed by atoms with van der Waals surface area (Å²) >= 11 is 9.20. The van der Waals surface area contributed by atoms with Gasteiger partial charge in [-0.1, -0.05) is 0 Å². The van der Waals surface area contributed by atoms with Crippen LogP contribution in [0.25, 0.3) is 0 Å². The summed E-state index contributed by atoms with van der Waals surface area (Å²) in [5.74, 6) is 0. The summed E-state index contributed by atoms with van der Waals surface area (Å²) in [5.41, 5.74) is -2.08. The molecule has 0 bridgehead atoms. The normalized spacial score (nSPS) is 26.9. The zero-order chi connectivity index (χ0) is 12.8. The summed E-state index contributed by atoms with van der Waals surface area (Å²) in [5, 5.41) is 0.676. The minimum atomic E-state index is -2.08. The minimum absolute atomic E-state index is 0.363. The van der Waals surface area contributed by atoms with Crippen LogP contribution >= 0.6 is 17.1 Å². The molecular formula is C12H22MoO2PS2. The van der Waals surface area contributed by atoms with Crippen molar-refractivity contribution in [3.05, 3.63) is 0 Å². The van der Waals surface area contributed by atoms with Gasteiger partial charge in [-0.2, -0.15) is 0 Å². The van der Waals surface area contributed by atoms with Crippen molar-refractivity contribution < 1.29 is 27.9 Å². The van der Waals surface area contributed by atoms with Gasteiger partial charge >= 0.3 is 132 Å². The maximum atomic E-state index is 6.20. The second-order valence-corrected chi connectivity index (χ2v) is 12.7. The van der Waals surface area contributed by atoms with E-state index in [0.717, 1.165) is 0 Å². The van der Waals surface area contributed by atoms with Gasteiger partial charge in [0.15, 0.2) is 0 Å². The molecule has 0 aliphatic heterocycles. The van der Waals surface area contributed by atoms with E-state index in [1.54, 1.807) is 20.2 Å². The fourth-order valence-electron chi connectivity index (χ4n) is 2.77. The molecule has 1 unspecified atom stereocenters. The van der Waals surface area contributed by atoms with Gasteiger partial charge in [-0.05, 0) is 0 Å². The molecule has 6 heteroatoms. The average Bonchev–Trinajstić information content (AvgIpc) is 2.41. The number of hydrogen-bond donors (Lipinski definition) is 0. The van der Waals surface area contributed by atoms with E-state index >= 15 is 0 Å². The fraction of sp³-hybridized carbons (Fsp3) is 1.00. The van der Waals surface area contributed by atoms with Crippen LogP contribution in [0, 0.1) is 0 Å². The Morgan fingerprint density at radius 1 is 0.944 bits per heavy atom. The summed E-state index contributed by atoms with van der Waals surface area (Å²) < 4.78 is 11.8. The first-order valence-corrected chi connectivity index (χ1v) is 11.9. The predicted molar refractivity (Wildman–Crippen MR) is 77.8 cm³/mol. The molecule has 2 saturated carbocycles. The molecule has 0 aromatic rings. The first-order chi connectivity index (χ1) is 8.72. The molecule has 0 amide bonds. The van der Waals surface area contributed by atoms with Crippen LogP contribution in [0.4, 0.5) is 0 Å². The fourth-order valence-corrected chi connectivity index (χ4v) is 9.22. The van der Waals surface area contributed by atoms with Crippen molar-refractivity contribution in [2.75, 3.05) is 0 Å². The second-order valence-electron chi connectivity index (χ2n) is 5.25. The van der Waals surface area contributed by atoms with Crippen molar-refractivity contribution in [1.82, 2.24) is 0 Å². The number of hydrogen-bond acceptors (Lipinski definition) is 4. The van der Waals surface area contributed by atoms with Gasteiger partial charge in [0, 0.05) is 0 Å². The molecule has 2 aliphatic carbocycles. The van der Waals surface area contributed by atoms with E-state index in [1.807, 2.05) is 11.4 Å². The topological polar surface area (TPSA) is 18.5 Å². The SMILES string of the molecule is S=P([O][Mo])(OC1CCCCC1)SC1CCCCC1. The monoisotopic (exact) mass is 391 g/mol.